The number of benzene rings is 2. The van der Waals surface area contributed by atoms with Crippen molar-refractivity contribution in [2.75, 3.05) is 12.4 Å². The van der Waals surface area contributed by atoms with Crippen LogP contribution in [0.15, 0.2) is 77.8 Å². The van der Waals surface area contributed by atoms with Crippen LogP contribution in [0.1, 0.15) is 114 Å². The number of nitrogens with one attached hydrogen (secondary N) is 1. The van der Waals surface area contributed by atoms with E-state index in [2.05, 4.69) is 150 Å². The van der Waals surface area contributed by atoms with Crippen molar-refractivity contribution in [3.63, 3.8) is 0 Å². The third-order valence-electron chi connectivity index (χ3n) is 13.9. The van der Waals surface area contributed by atoms with Gasteiger partial charge in [0.15, 0.2) is 16.6 Å². The summed E-state index contributed by atoms with van der Waals surface area (Å²) < 4.78 is 16.4. The third kappa shape index (κ3) is 15.1. The molecular weight excluding hydrogens is 964 g/mol. The topological polar surface area (TPSA) is 172 Å². The van der Waals surface area contributed by atoms with E-state index in [1.807, 2.05) is 12.1 Å². The smallest absolute Gasteiger partial charge is 0.223 e. The molecular formula is C51H75Cl3N9O2PSi2. The molecule has 2 fully saturated rings. The lowest BCUT2D eigenvalue weighted by Gasteiger charge is -2.42. The Morgan fingerprint density at radius 1 is 0.632 bits per heavy atom. The van der Waals surface area contributed by atoms with Crippen LogP contribution in [-0.4, -0.2) is 80.0 Å². The predicted octanol–water partition coefficient (Wildman–Crippen LogP) is 12.7. The minimum atomic E-state index is -1.85. The van der Waals surface area contributed by atoms with Gasteiger partial charge in [0.2, 0.25) is 11.2 Å². The molecule has 4 aromatic rings. The highest BCUT2D eigenvalue weighted by Gasteiger charge is 2.42. The van der Waals surface area contributed by atoms with Gasteiger partial charge in [-0.2, -0.15) is 0 Å². The average molecular weight is 1040 g/mol. The average Bonchev–Trinajstić information content (AvgIpc) is 3.86. The molecule has 0 aliphatic heterocycles. The van der Waals surface area contributed by atoms with E-state index >= 15 is 0 Å². The fourth-order valence-corrected chi connectivity index (χ4v) is 11.8. The highest BCUT2D eigenvalue weighted by Crippen LogP contribution is 2.41. The molecule has 17 heteroatoms. The Morgan fingerprint density at radius 2 is 1.04 bits per heavy atom. The molecule has 0 amide bonds. The summed E-state index contributed by atoms with van der Waals surface area (Å²) in [5.41, 5.74) is 27.0. The molecule has 2 aromatic heterocycles. The molecule has 11 nitrogen and oxygen atoms in total. The van der Waals surface area contributed by atoms with Crippen LogP contribution in [0.4, 0.5) is 5.95 Å². The molecule has 7 N–H and O–H groups in total. The van der Waals surface area contributed by atoms with E-state index in [-0.39, 0.29) is 51.7 Å². The normalized spacial score (nSPS) is 22.4. The Morgan fingerprint density at radius 3 is 1.51 bits per heavy atom. The number of halogens is 3. The number of nitrogens with zero attached hydrogens (tertiary/aromatic N) is 5. The molecule has 0 spiro atoms. The van der Waals surface area contributed by atoms with Crippen LogP contribution < -0.4 is 22.5 Å². The quantitative estimate of drug-likeness (QED) is 0.0756. The van der Waals surface area contributed by atoms with Crippen LogP contribution in [-0.2, 0) is 21.7 Å². The zero-order valence-corrected chi connectivity index (χ0v) is 47.2. The minimum Gasteiger partial charge on any atom is -0.414 e. The summed E-state index contributed by atoms with van der Waals surface area (Å²) in [5, 5.41) is 5.28. The maximum absolute atomic E-state index is 6.69. The van der Waals surface area contributed by atoms with Crippen molar-refractivity contribution >= 4 is 77.6 Å². The fraction of sp³-hybridized carbons (Fsp3) is 0.529. The molecule has 2 saturated carbocycles. The Kier molecular flexibility index (Phi) is 19.8. The monoisotopic (exact) mass is 1040 g/mol. The molecule has 370 valence electrons. The zero-order valence-electron chi connectivity index (χ0n) is 42.0. The first-order valence-corrected chi connectivity index (χ1v) is 31.1. The number of hydrogen-bond donors (Lipinski definition) is 4. The molecule has 8 rings (SSSR count). The van der Waals surface area contributed by atoms with Gasteiger partial charge in [-0.05, 0) is 131 Å². The summed E-state index contributed by atoms with van der Waals surface area (Å²) in [6, 6.07) is 17.3. The number of anilines is 1. The van der Waals surface area contributed by atoms with E-state index in [0.717, 1.165) is 68.2 Å². The van der Waals surface area contributed by atoms with Gasteiger partial charge < -0.3 is 31.4 Å². The summed E-state index contributed by atoms with van der Waals surface area (Å²) in [4.78, 5) is 17.4. The first-order chi connectivity index (χ1) is 31.8. The fourth-order valence-electron chi connectivity index (χ4n) is 8.52. The molecule has 5 atom stereocenters. The first kappa shape index (κ1) is 56.0. The van der Waals surface area contributed by atoms with Crippen molar-refractivity contribution in [3.8, 4) is 0 Å². The van der Waals surface area contributed by atoms with Gasteiger partial charge in [0.05, 0.1) is 33.8 Å². The summed E-state index contributed by atoms with van der Waals surface area (Å²) in [6.45, 7) is 22.8. The van der Waals surface area contributed by atoms with E-state index in [1.165, 1.54) is 28.5 Å². The highest BCUT2D eigenvalue weighted by molar-refractivity contribution is 7.03. The number of nitrogens with two attached hydrogens (primary N) is 3. The SMILES string of the molecule is CC(C)(C)[Si](C)(C)OC1CC(N)CC(N)C1.CC(C)(C)[Si](C)(C)O[C@H]1CC(N)CC(Nc2ncc(Cl)c(C3=CCc4ccccc43)n2)C1.CN=P.Clc1ncc(Cl)c(C2=CCc3ccccc32)n1. The molecule has 2 aromatic carbocycles. The Balaban J connectivity index is 0.000000202. The van der Waals surface area contributed by atoms with Crippen molar-refractivity contribution in [2.45, 2.75) is 166 Å². The number of hydrogen-bond acceptors (Lipinski definition) is 11. The largest absolute Gasteiger partial charge is 0.414 e. The van der Waals surface area contributed by atoms with Gasteiger partial charge in [-0.25, -0.2) is 19.9 Å². The zero-order chi connectivity index (χ0) is 50.2. The van der Waals surface area contributed by atoms with Gasteiger partial charge >= 0.3 is 0 Å². The van der Waals surface area contributed by atoms with Crippen LogP contribution >= 0.6 is 43.8 Å². The molecule has 0 bridgehead atoms. The summed E-state index contributed by atoms with van der Waals surface area (Å²) in [5.74, 6) is 0.597. The molecule has 68 heavy (non-hydrogen) atoms. The van der Waals surface area contributed by atoms with E-state index in [9.17, 15) is 0 Å². The Bertz CT molecular complexity index is 2400. The summed E-state index contributed by atoms with van der Waals surface area (Å²) in [6.07, 6.45) is 15.4. The maximum atomic E-state index is 6.69. The predicted molar refractivity (Wildman–Crippen MR) is 293 cm³/mol. The molecule has 0 radical (unpaired) electrons. The maximum Gasteiger partial charge on any atom is 0.223 e. The number of fused-ring (bicyclic) bond motifs is 2. The van der Waals surface area contributed by atoms with E-state index < -0.39 is 16.6 Å². The molecule has 2 heterocycles. The first-order valence-electron chi connectivity index (χ1n) is 23.7. The molecule has 4 unspecified atom stereocenters. The van der Waals surface area contributed by atoms with Crippen molar-refractivity contribution in [1.82, 2.24) is 19.9 Å². The van der Waals surface area contributed by atoms with Gasteiger partial charge in [0, 0.05) is 54.6 Å². The lowest BCUT2D eigenvalue weighted by atomic mass is 9.89. The van der Waals surface area contributed by atoms with Gasteiger partial charge in [-0.1, -0.05) is 125 Å². The second-order valence-electron chi connectivity index (χ2n) is 21.4. The van der Waals surface area contributed by atoms with Crippen LogP contribution in [0.3, 0.4) is 0 Å². The van der Waals surface area contributed by atoms with Crippen molar-refractivity contribution in [1.29, 1.82) is 0 Å². The van der Waals surface area contributed by atoms with Crippen LogP contribution in [0.2, 0.25) is 51.6 Å². The summed E-state index contributed by atoms with van der Waals surface area (Å²) >= 11 is 18.5. The standard InChI is InChI=1S/C25H35ClN4OSi.C13H8Cl2N2.C12H28N2OSi.CH4NP/c1-25(2,3)32(4,5)31-19-13-17(27)12-18(14-19)29-24-28-15-22(26)23(30-24)21-11-10-16-8-6-7-9-20(16)21;14-11-7-16-13(15)17-12(11)10-6-5-8-3-1-2-4-9(8)10;1-12(2,3)16(4,5)15-11-7-9(13)6-10(14)8-11;1-2-3/h6-9,11,15,17-19H,10,12-14,27H2,1-5H3,(H,28,29,30);1-4,6-7H,5H2;9-11H,6-8,13-14H2,1-5H3;3H,1H3/t17?,18?,19-;;;/m0.../s1. The van der Waals surface area contributed by atoms with E-state index in [0.29, 0.717) is 21.7 Å². The number of rotatable bonds is 8. The highest BCUT2D eigenvalue weighted by atomic mass is 35.5. The van der Waals surface area contributed by atoms with E-state index in [1.54, 1.807) is 13.2 Å². The van der Waals surface area contributed by atoms with Gasteiger partial charge in [0.1, 0.15) is 0 Å². The Labute approximate surface area is 425 Å². The van der Waals surface area contributed by atoms with Crippen LogP contribution in [0.5, 0.6) is 0 Å². The molecule has 4 aliphatic rings. The number of allylic oxidation sites excluding steroid dienone is 2. The van der Waals surface area contributed by atoms with Gasteiger partial charge in [-0.3, -0.25) is 4.74 Å². The van der Waals surface area contributed by atoms with Crippen molar-refractivity contribution in [2.24, 2.45) is 21.9 Å². The molecule has 0 saturated heterocycles. The van der Waals surface area contributed by atoms with Crippen LogP contribution in [0.25, 0.3) is 11.1 Å². The lowest BCUT2D eigenvalue weighted by molar-refractivity contribution is 0.118. The van der Waals surface area contributed by atoms with Crippen LogP contribution in [0, 0.1) is 0 Å². The number of aromatic nitrogens is 4. The van der Waals surface area contributed by atoms with Crippen molar-refractivity contribution < 1.29 is 8.85 Å². The van der Waals surface area contributed by atoms with Crippen molar-refractivity contribution in [3.05, 3.63) is 122 Å². The third-order valence-corrected chi connectivity index (χ3v) is 23.7. The Hall–Kier alpha value is -2.92. The lowest BCUT2D eigenvalue weighted by Crippen LogP contribution is -2.49. The second-order valence-corrected chi connectivity index (χ2v) is 32.6. The second kappa shape index (κ2) is 24.0. The van der Waals surface area contributed by atoms with E-state index in [4.69, 9.17) is 65.8 Å². The van der Waals surface area contributed by atoms with Gasteiger partial charge in [-0.15, -0.1) is 0 Å². The summed E-state index contributed by atoms with van der Waals surface area (Å²) in [7, 11) is 0.959. The minimum absolute atomic E-state index is 0.104. The van der Waals surface area contributed by atoms with Gasteiger partial charge in [0.25, 0.3) is 0 Å². The molecule has 4 aliphatic carbocycles.